The van der Waals surface area contributed by atoms with Crippen molar-refractivity contribution in [1.82, 2.24) is 67.6 Å². The molecular weight excluding hydrogens is 1470 g/mol. The Hall–Kier alpha value is -13.0. The van der Waals surface area contributed by atoms with Gasteiger partial charge in [0.1, 0.15) is 47.9 Å². The van der Waals surface area contributed by atoms with Crippen molar-refractivity contribution in [3.63, 3.8) is 0 Å². The van der Waals surface area contributed by atoms with E-state index in [1.807, 2.05) is 101 Å². The van der Waals surface area contributed by atoms with Crippen LogP contribution in [0.5, 0.6) is 63.5 Å². The van der Waals surface area contributed by atoms with E-state index < -0.39 is 17.5 Å². The molecule has 28 heteroatoms. The van der Waals surface area contributed by atoms with Gasteiger partial charge in [0.25, 0.3) is 5.91 Å². The summed E-state index contributed by atoms with van der Waals surface area (Å²) in [7, 11) is 12.2. The summed E-state index contributed by atoms with van der Waals surface area (Å²) < 4.78 is 94.5. The third kappa shape index (κ3) is 17.9. The van der Waals surface area contributed by atoms with Crippen molar-refractivity contribution in [3.8, 4) is 109 Å². The summed E-state index contributed by atoms with van der Waals surface area (Å²) in [5.74, 6) is 9.41. The number of fused-ring (bicyclic) bond motifs is 3. The maximum absolute atomic E-state index is 14.6. The van der Waals surface area contributed by atoms with Gasteiger partial charge in [-0.25, -0.2) is 15.0 Å². The highest BCUT2D eigenvalue weighted by Crippen LogP contribution is 2.41. The van der Waals surface area contributed by atoms with Gasteiger partial charge in [0.15, 0.2) is 34.5 Å². The minimum Gasteiger partial charge on any atom is -0.494 e. The average Bonchev–Trinajstić information content (AvgIpc) is 1.62. The summed E-state index contributed by atoms with van der Waals surface area (Å²) >= 11 is 0. The first kappa shape index (κ1) is 80.1. The van der Waals surface area contributed by atoms with E-state index in [1.54, 1.807) is 133 Å². The molecule has 3 aliphatic heterocycles. The highest BCUT2D eigenvalue weighted by molar-refractivity contribution is 5.93. The zero-order chi connectivity index (χ0) is 81.0. The first-order valence-electron chi connectivity index (χ1n) is 37.6. The van der Waals surface area contributed by atoms with E-state index in [0.717, 1.165) is 112 Å². The van der Waals surface area contributed by atoms with Crippen molar-refractivity contribution in [1.29, 1.82) is 0 Å². The van der Waals surface area contributed by atoms with Crippen molar-refractivity contribution in [3.05, 3.63) is 218 Å². The Morgan fingerprint density at radius 3 is 1.33 bits per heavy atom. The lowest BCUT2D eigenvalue weighted by Crippen LogP contribution is -2.27. The first-order chi connectivity index (χ1) is 55.7. The molecule has 0 saturated carbocycles. The second-order valence-corrected chi connectivity index (χ2v) is 28.2. The Morgan fingerprint density at radius 1 is 0.530 bits per heavy atom. The van der Waals surface area contributed by atoms with Gasteiger partial charge in [-0.2, -0.15) is 13.2 Å². The van der Waals surface area contributed by atoms with Crippen LogP contribution in [0.2, 0.25) is 0 Å². The number of carbonyl (C=O) groups is 3. The van der Waals surface area contributed by atoms with Crippen LogP contribution in [0.15, 0.2) is 177 Å². The van der Waals surface area contributed by atoms with Crippen molar-refractivity contribution in [2.75, 3.05) is 115 Å². The minimum atomic E-state index is -0.564. The summed E-state index contributed by atoms with van der Waals surface area (Å²) in [4.78, 5) is 74.6. The van der Waals surface area contributed by atoms with Crippen LogP contribution in [-0.4, -0.2) is 200 Å². The molecule has 0 bridgehead atoms. The number of likely N-dealkylation sites (tertiary alicyclic amines) is 3. The van der Waals surface area contributed by atoms with Crippen LogP contribution in [0.3, 0.4) is 0 Å². The second-order valence-electron chi connectivity index (χ2n) is 28.2. The van der Waals surface area contributed by atoms with Gasteiger partial charge in [-0.15, -0.1) is 0 Å². The molecule has 6 aromatic heterocycles. The van der Waals surface area contributed by atoms with E-state index in [1.165, 1.54) is 39.5 Å². The molecule has 594 valence electrons. The number of ether oxygens (including phenoxy) is 8. The predicted molar refractivity (Wildman–Crippen MR) is 428 cm³/mol. The number of aromatic nitrogens is 9. The number of aryl methyl sites for hydroxylation is 1. The number of methoxy groups -OCH3 is 3. The maximum Gasteiger partial charge on any atom is 0.298 e. The van der Waals surface area contributed by atoms with Gasteiger partial charge in [-0.05, 0) is 182 Å². The Labute approximate surface area is 664 Å². The number of nitrogens with zero attached hydrogens (tertiary/aromatic N) is 14. The monoisotopic (exact) mass is 1560 g/mol. The number of amides is 3. The summed E-state index contributed by atoms with van der Waals surface area (Å²) in [6.07, 6.45) is 14.4. The van der Waals surface area contributed by atoms with Crippen molar-refractivity contribution in [2.45, 2.75) is 57.8 Å². The Balaban J connectivity index is 0.000000151. The van der Waals surface area contributed by atoms with Crippen LogP contribution in [0, 0.1) is 36.2 Å². The Morgan fingerprint density at radius 2 is 0.922 bits per heavy atom. The molecular formula is C87H89F3N14O11. The van der Waals surface area contributed by atoms with Crippen molar-refractivity contribution < 1.29 is 65.4 Å². The molecule has 3 amide bonds. The molecule has 3 fully saturated rings. The van der Waals surface area contributed by atoms with Gasteiger partial charge in [0.05, 0.1) is 85.4 Å². The number of hydrogen-bond acceptors (Lipinski definition) is 19. The molecule has 6 aromatic carbocycles. The number of hydrogen-bond donors (Lipinski definition) is 0. The number of benzene rings is 6. The van der Waals surface area contributed by atoms with Gasteiger partial charge in [-0.3, -0.25) is 42.5 Å². The topological polar surface area (TPSA) is 232 Å². The van der Waals surface area contributed by atoms with Gasteiger partial charge < -0.3 is 62.4 Å². The third-order valence-corrected chi connectivity index (χ3v) is 20.0. The number of rotatable bonds is 24. The quantitative estimate of drug-likeness (QED) is 0.0404. The molecule has 12 aromatic rings. The molecule has 115 heavy (non-hydrogen) atoms. The number of carbonyl (C=O) groups excluding carboxylic acids is 3. The van der Waals surface area contributed by atoms with Gasteiger partial charge in [0.2, 0.25) is 41.0 Å². The first-order valence-corrected chi connectivity index (χ1v) is 37.6. The maximum atomic E-state index is 14.6. The Kier molecular flexibility index (Phi) is 25.2. The summed E-state index contributed by atoms with van der Waals surface area (Å²) in [6.45, 7) is 15.0. The second kappa shape index (κ2) is 36.2. The van der Waals surface area contributed by atoms with Crippen LogP contribution in [0.4, 0.5) is 13.2 Å². The van der Waals surface area contributed by atoms with E-state index >= 15 is 0 Å². The molecule has 0 spiro atoms. The van der Waals surface area contributed by atoms with Crippen LogP contribution < -0.4 is 37.9 Å². The molecule has 0 N–H and O–H groups in total. The van der Waals surface area contributed by atoms with E-state index in [-0.39, 0.29) is 70.0 Å². The molecule has 25 nitrogen and oxygen atoms in total. The molecule has 0 unspecified atom stereocenters. The molecule has 3 atom stereocenters. The summed E-state index contributed by atoms with van der Waals surface area (Å²) in [6, 6.07) is 36.3. The van der Waals surface area contributed by atoms with Gasteiger partial charge >= 0.3 is 0 Å². The fourth-order valence-electron chi connectivity index (χ4n) is 14.1. The smallest absolute Gasteiger partial charge is 0.298 e. The standard InChI is InChI=1S/C31H32FN5O4.C30H32FN5O4.C26H25FN4O3/c1-5-7-27(38)36-15-14-22(20-36)31-34-30(24-18-33-19-28(37(24)31)40-17-16-35(2)3)21-10-12-23(13-11-21)41-26-9-6-8-25(39-4)29(26)32;1-5-26(37)35-14-13-21(19-35)30-33-29(23-17-32-18-27(36(23)30)39-16-15-34(2)3)20-9-11-22(12-10-20)40-25-8-6-7-24(38-4)28(25)31;1-16-25-24(29-26(31(25)14-12-28-16)19-11-13-30(15-19)17(2)32)18-7-9-20(10-8-18)34-22-6-4-5-21(33-3)23(22)27/h6,8-13,18-19,22H,14-17,20H2,1-4H3;5-12,17-18,21H,1,13-16,19H2,2-4H3;4-10,12,14,19H,11,13,15H2,1-3H3/t22-;21-;19-/m111/s1. The van der Waals surface area contributed by atoms with Crippen molar-refractivity contribution >= 4 is 34.3 Å². The highest BCUT2D eigenvalue weighted by atomic mass is 19.1. The van der Waals surface area contributed by atoms with Gasteiger partial charge in [0, 0.05) is 106 Å². The minimum absolute atomic E-state index is 0.00361. The number of likely N-dealkylation sites (N-methyl/N-ethyl adjacent to an activating group) is 2. The SMILES string of the molecule is C=CC(=O)N1CC[C@@H](c2nc(-c3ccc(Oc4cccc(OC)c4F)cc3)c3cncc(OCCN(C)C)n23)C1.CC#CC(=O)N1CC[C@@H](c2nc(-c3ccc(Oc4cccc(OC)c4F)cc3)c3cncc(OCCN(C)C)n23)C1.COc1cccc(Oc2ccc(-c3nc([C@@H]4CCN(C(C)=O)C4)n4ccnc(C)c34)cc2)c1F. The third-order valence-electron chi connectivity index (χ3n) is 20.0. The molecule has 3 aliphatic rings. The molecule has 0 aliphatic carbocycles. The fourth-order valence-corrected chi connectivity index (χ4v) is 14.1. The average molecular weight is 1560 g/mol. The van der Waals surface area contributed by atoms with E-state index in [2.05, 4.69) is 37.8 Å². The Bertz CT molecular complexity index is 5570. The van der Waals surface area contributed by atoms with Crippen LogP contribution in [0.25, 0.3) is 50.3 Å². The lowest BCUT2D eigenvalue weighted by atomic mass is 10.1. The van der Waals surface area contributed by atoms with E-state index in [4.69, 9.17) is 52.8 Å². The summed E-state index contributed by atoms with van der Waals surface area (Å²) in [5, 5.41) is 0. The van der Waals surface area contributed by atoms with E-state index in [0.29, 0.717) is 74.9 Å². The normalized spacial score (nSPS) is 15.1. The fraction of sp³-hybridized carbons (Fsp3) is 0.299. The van der Waals surface area contributed by atoms with Crippen molar-refractivity contribution in [2.24, 2.45) is 0 Å². The van der Waals surface area contributed by atoms with Crippen LogP contribution in [0.1, 0.15) is 74.0 Å². The summed E-state index contributed by atoms with van der Waals surface area (Å²) in [5.41, 5.74) is 8.24. The lowest BCUT2D eigenvalue weighted by Gasteiger charge is -2.16. The lowest BCUT2D eigenvalue weighted by molar-refractivity contribution is -0.128. The molecule has 9 heterocycles. The molecule has 0 radical (unpaired) electrons. The molecule has 15 rings (SSSR count). The molecule has 3 saturated heterocycles. The number of halogens is 3. The highest BCUT2D eigenvalue weighted by Gasteiger charge is 2.35. The van der Waals surface area contributed by atoms with E-state index in [9.17, 15) is 27.6 Å². The van der Waals surface area contributed by atoms with Crippen LogP contribution in [-0.2, 0) is 14.4 Å². The zero-order valence-corrected chi connectivity index (χ0v) is 65.7. The predicted octanol–water partition coefficient (Wildman–Crippen LogP) is 14.4. The van der Waals surface area contributed by atoms with Gasteiger partial charge in [-0.1, -0.05) is 30.7 Å². The van der Waals surface area contributed by atoms with Crippen LogP contribution >= 0.6 is 0 Å². The number of imidazole rings is 3. The largest absolute Gasteiger partial charge is 0.494 e. The zero-order valence-electron chi connectivity index (χ0n) is 65.7.